The maximum Gasteiger partial charge on any atom is 0.293 e. The maximum absolute atomic E-state index is 10.6. The van der Waals surface area contributed by atoms with E-state index in [1.165, 1.54) is 74.5 Å². The van der Waals surface area contributed by atoms with Crippen molar-refractivity contribution in [3.8, 4) is 0 Å². The monoisotopic (exact) mass is 370 g/mol. The molecule has 0 saturated heterocycles. The molecular weight excluding hydrogens is 332 g/mol. The van der Waals surface area contributed by atoms with E-state index in [2.05, 4.69) is 32.0 Å². The summed E-state index contributed by atoms with van der Waals surface area (Å²) in [5, 5.41) is 0. The zero-order chi connectivity index (χ0) is 19.2. The van der Waals surface area contributed by atoms with Crippen LogP contribution in [0.3, 0.4) is 0 Å². The fourth-order valence-corrected chi connectivity index (χ4v) is 4.38. The molecule has 0 aliphatic heterocycles. The molecule has 0 unspecified atom stereocenters. The molecule has 3 rings (SSSR count). The SMILES string of the molecule is Cc1cc(CCCCCCC2(C)CC2)cc(CCCCC2(OC=O)CC2)c1. The molecule has 0 N–H and O–H groups in total. The Morgan fingerprint density at radius 3 is 2.04 bits per heavy atom. The lowest BCUT2D eigenvalue weighted by Crippen LogP contribution is -2.12. The van der Waals surface area contributed by atoms with Gasteiger partial charge in [-0.1, -0.05) is 49.9 Å². The Morgan fingerprint density at radius 2 is 1.44 bits per heavy atom. The van der Waals surface area contributed by atoms with E-state index in [0.29, 0.717) is 6.47 Å². The lowest BCUT2D eigenvalue weighted by atomic mass is 9.96. The summed E-state index contributed by atoms with van der Waals surface area (Å²) >= 11 is 0. The summed E-state index contributed by atoms with van der Waals surface area (Å²) in [4.78, 5) is 10.6. The largest absolute Gasteiger partial charge is 0.461 e. The van der Waals surface area contributed by atoms with Gasteiger partial charge in [0.2, 0.25) is 0 Å². The number of carbonyl (C=O) groups is 1. The minimum Gasteiger partial charge on any atom is -0.461 e. The molecule has 0 spiro atoms. The number of aryl methyl sites for hydroxylation is 3. The van der Waals surface area contributed by atoms with E-state index in [-0.39, 0.29) is 5.60 Å². The third kappa shape index (κ3) is 6.97. The van der Waals surface area contributed by atoms with Gasteiger partial charge in [-0.15, -0.1) is 0 Å². The summed E-state index contributed by atoms with van der Waals surface area (Å²) in [6, 6.07) is 7.13. The molecule has 2 aliphatic carbocycles. The number of ether oxygens (including phenoxy) is 1. The van der Waals surface area contributed by atoms with Crippen LogP contribution in [0.4, 0.5) is 0 Å². The molecule has 1 aromatic carbocycles. The normalized spacial score (nSPS) is 18.9. The highest BCUT2D eigenvalue weighted by atomic mass is 16.5. The first-order valence-electron chi connectivity index (χ1n) is 11.2. The van der Waals surface area contributed by atoms with Crippen LogP contribution in [-0.4, -0.2) is 12.1 Å². The molecule has 1 aromatic rings. The molecule has 0 radical (unpaired) electrons. The van der Waals surface area contributed by atoms with Gasteiger partial charge in [0.1, 0.15) is 5.60 Å². The van der Waals surface area contributed by atoms with E-state index in [0.717, 1.165) is 37.5 Å². The average Bonchev–Trinajstić information content (AvgIpc) is 3.55. The molecule has 2 aliphatic rings. The van der Waals surface area contributed by atoms with Crippen LogP contribution in [0.25, 0.3) is 0 Å². The Kier molecular flexibility index (Phi) is 7.00. The predicted octanol–water partition coefficient (Wildman–Crippen LogP) is 6.71. The Bertz CT molecular complexity index is 611. The molecule has 2 nitrogen and oxygen atoms in total. The van der Waals surface area contributed by atoms with Crippen LogP contribution in [0, 0.1) is 12.3 Å². The standard InChI is InChI=1S/C25H38O2/c1-21-17-22(9-5-3-4-7-11-24(2)13-14-24)19-23(18-21)10-6-8-12-25(15-16-25)27-20-26/h17-20H,3-16H2,1-2H3. The average molecular weight is 371 g/mol. The lowest BCUT2D eigenvalue weighted by Gasteiger charge is -2.13. The molecule has 0 atom stereocenters. The van der Waals surface area contributed by atoms with Crippen molar-refractivity contribution in [2.24, 2.45) is 5.41 Å². The van der Waals surface area contributed by atoms with Crippen molar-refractivity contribution < 1.29 is 9.53 Å². The third-order valence-electron chi connectivity index (χ3n) is 6.75. The number of hydrogen-bond acceptors (Lipinski definition) is 2. The molecule has 27 heavy (non-hydrogen) atoms. The quantitative estimate of drug-likeness (QED) is 0.269. The molecule has 2 heteroatoms. The molecule has 2 saturated carbocycles. The van der Waals surface area contributed by atoms with Gasteiger partial charge in [0.15, 0.2) is 0 Å². The van der Waals surface area contributed by atoms with E-state index in [9.17, 15) is 4.79 Å². The summed E-state index contributed by atoms with van der Waals surface area (Å²) in [5.41, 5.74) is 5.03. The van der Waals surface area contributed by atoms with Crippen molar-refractivity contribution in [2.75, 3.05) is 0 Å². The number of benzene rings is 1. The van der Waals surface area contributed by atoms with Crippen LogP contribution in [0.5, 0.6) is 0 Å². The first kappa shape index (κ1) is 20.4. The van der Waals surface area contributed by atoms with Gasteiger partial charge in [-0.3, -0.25) is 4.79 Å². The van der Waals surface area contributed by atoms with Crippen LogP contribution in [0.1, 0.15) is 101 Å². The molecule has 0 amide bonds. The van der Waals surface area contributed by atoms with E-state index in [1.807, 2.05) is 0 Å². The van der Waals surface area contributed by atoms with Crippen LogP contribution in [-0.2, 0) is 22.4 Å². The predicted molar refractivity (Wildman–Crippen MR) is 112 cm³/mol. The van der Waals surface area contributed by atoms with E-state index in [4.69, 9.17) is 4.74 Å². The van der Waals surface area contributed by atoms with Gasteiger partial charge in [-0.05, 0) is 94.1 Å². The van der Waals surface area contributed by atoms with E-state index < -0.39 is 0 Å². The second kappa shape index (κ2) is 9.26. The smallest absolute Gasteiger partial charge is 0.293 e. The number of rotatable bonds is 14. The number of hydrogen-bond donors (Lipinski definition) is 0. The fourth-order valence-electron chi connectivity index (χ4n) is 4.38. The zero-order valence-electron chi connectivity index (χ0n) is 17.5. The second-order valence-corrected chi connectivity index (χ2v) is 9.66. The van der Waals surface area contributed by atoms with Crippen molar-refractivity contribution in [1.29, 1.82) is 0 Å². The molecule has 150 valence electrons. The maximum atomic E-state index is 10.6. The molecule has 0 aromatic heterocycles. The van der Waals surface area contributed by atoms with Crippen molar-refractivity contribution in [3.05, 3.63) is 34.9 Å². The first-order valence-corrected chi connectivity index (χ1v) is 11.2. The minimum absolute atomic E-state index is 0.0869. The van der Waals surface area contributed by atoms with Gasteiger partial charge in [0, 0.05) is 0 Å². The number of unbranched alkanes of at least 4 members (excludes halogenated alkanes) is 4. The second-order valence-electron chi connectivity index (χ2n) is 9.66. The van der Waals surface area contributed by atoms with Gasteiger partial charge in [0.05, 0.1) is 0 Å². The van der Waals surface area contributed by atoms with Crippen molar-refractivity contribution in [1.82, 2.24) is 0 Å². The lowest BCUT2D eigenvalue weighted by molar-refractivity contribution is -0.135. The molecule has 0 heterocycles. The Balaban J connectivity index is 1.32. The zero-order valence-corrected chi connectivity index (χ0v) is 17.5. The Hall–Kier alpha value is -1.31. The third-order valence-corrected chi connectivity index (χ3v) is 6.75. The van der Waals surface area contributed by atoms with E-state index >= 15 is 0 Å². The summed E-state index contributed by atoms with van der Waals surface area (Å²) in [7, 11) is 0. The topological polar surface area (TPSA) is 26.3 Å². The first-order chi connectivity index (χ1) is 13.0. The van der Waals surface area contributed by atoms with Crippen molar-refractivity contribution >= 4 is 6.47 Å². The van der Waals surface area contributed by atoms with Crippen LogP contribution in [0.15, 0.2) is 18.2 Å². The van der Waals surface area contributed by atoms with Gasteiger partial charge < -0.3 is 4.74 Å². The molecule has 2 fully saturated rings. The van der Waals surface area contributed by atoms with Crippen LogP contribution >= 0.6 is 0 Å². The van der Waals surface area contributed by atoms with Crippen LogP contribution in [0.2, 0.25) is 0 Å². The molecule has 0 bridgehead atoms. The summed E-state index contributed by atoms with van der Waals surface area (Å²) in [6.07, 6.45) is 17.7. The Morgan fingerprint density at radius 1 is 0.852 bits per heavy atom. The Labute approximate surface area is 166 Å². The van der Waals surface area contributed by atoms with Gasteiger partial charge in [-0.2, -0.15) is 0 Å². The van der Waals surface area contributed by atoms with Gasteiger partial charge in [0.25, 0.3) is 6.47 Å². The molecular formula is C25H38O2. The van der Waals surface area contributed by atoms with Crippen molar-refractivity contribution in [2.45, 2.75) is 109 Å². The highest BCUT2D eigenvalue weighted by Crippen LogP contribution is 2.49. The highest BCUT2D eigenvalue weighted by Gasteiger charge is 2.44. The van der Waals surface area contributed by atoms with Gasteiger partial charge >= 0.3 is 0 Å². The van der Waals surface area contributed by atoms with Crippen molar-refractivity contribution in [3.63, 3.8) is 0 Å². The summed E-state index contributed by atoms with van der Waals surface area (Å²) in [6.45, 7) is 5.30. The van der Waals surface area contributed by atoms with Crippen LogP contribution < -0.4 is 0 Å². The number of carbonyl (C=O) groups excluding carboxylic acids is 1. The van der Waals surface area contributed by atoms with Gasteiger partial charge in [-0.25, -0.2) is 0 Å². The fraction of sp³-hybridized carbons (Fsp3) is 0.720. The highest BCUT2D eigenvalue weighted by molar-refractivity contribution is 5.39. The van der Waals surface area contributed by atoms with E-state index in [1.54, 1.807) is 0 Å². The summed E-state index contributed by atoms with van der Waals surface area (Å²) in [5.74, 6) is 0. The minimum atomic E-state index is -0.0869. The summed E-state index contributed by atoms with van der Waals surface area (Å²) < 4.78 is 5.24.